The summed E-state index contributed by atoms with van der Waals surface area (Å²) in [4.78, 5) is 7.14. The number of rotatable bonds is 4. The van der Waals surface area contributed by atoms with Crippen molar-refractivity contribution in [3.63, 3.8) is 0 Å². The van der Waals surface area contributed by atoms with Crippen molar-refractivity contribution in [2.45, 2.75) is 18.6 Å². The first-order valence-electron chi connectivity index (χ1n) is 8.33. The smallest absolute Gasteiger partial charge is 0.164 e. The van der Waals surface area contributed by atoms with Crippen LogP contribution in [0.3, 0.4) is 0 Å². The average molecular weight is 484 g/mol. The van der Waals surface area contributed by atoms with Gasteiger partial charge in [-0.1, -0.05) is 34.2 Å². The van der Waals surface area contributed by atoms with Crippen molar-refractivity contribution < 1.29 is 9.47 Å². The molecule has 2 heterocycles. The molecule has 26 heavy (non-hydrogen) atoms. The van der Waals surface area contributed by atoms with E-state index in [0.717, 1.165) is 44.3 Å². The summed E-state index contributed by atoms with van der Waals surface area (Å²) in [6, 6.07) is 10.3. The third kappa shape index (κ3) is 2.79. The van der Waals surface area contributed by atoms with Crippen molar-refractivity contribution in [2.75, 3.05) is 28.9 Å². The van der Waals surface area contributed by atoms with Crippen molar-refractivity contribution in [3.8, 4) is 11.5 Å². The number of alkyl halides is 1. The number of methoxy groups -OCH3 is 2. The molecule has 2 atom stereocenters. The van der Waals surface area contributed by atoms with E-state index < -0.39 is 0 Å². The van der Waals surface area contributed by atoms with E-state index in [4.69, 9.17) is 26.1 Å². The highest BCUT2D eigenvalue weighted by Crippen LogP contribution is 2.49. The van der Waals surface area contributed by atoms with E-state index in [1.165, 1.54) is 5.56 Å². The van der Waals surface area contributed by atoms with Crippen molar-refractivity contribution in [1.29, 1.82) is 0 Å². The number of hydrogen-bond donors (Lipinski definition) is 1. The fourth-order valence-corrected chi connectivity index (χ4v) is 4.65. The molecule has 2 aromatic rings. The van der Waals surface area contributed by atoms with Crippen LogP contribution in [0.15, 0.2) is 35.3 Å². The maximum atomic E-state index is 6.09. The van der Waals surface area contributed by atoms with E-state index in [1.807, 2.05) is 18.2 Å². The molecule has 0 radical (unpaired) electrons. The minimum atomic E-state index is -0.101. The van der Waals surface area contributed by atoms with Crippen LogP contribution >= 0.6 is 34.2 Å². The van der Waals surface area contributed by atoms with Gasteiger partial charge < -0.3 is 19.7 Å². The zero-order valence-electron chi connectivity index (χ0n) is 14.5. The Bertz CT molecular complexity index is 857. The van der Waals surface area contributed by atoms with Crippen LogP contribution in [0.25, 0.3) is 0 Å². The number of anilines is 2. The Morgan fingerprint density at radius 2 is 2.04 bits per heavy atom. The second-order valence-corrected chi connectivity index (χ2v) is 7.56. The van der Waals surface area contributed by atoms with E-state index in [-0.39, 0.29) is 6.17 Å². The fraction of sp³-hybridized carbons (Fsp3) is 0.316. The molecule has 5 nitrogen and oxygen atoms in total. The van der Waals surface area contributed by atoms with Gasteiger partial charge in [0.05, 0.1) is 26.2 Å². The molecule has 136 valence electrons. The summed E-state index contributed by atoms with van der Waals surface area (Å²) < 4.78 is 12.2. The lowest BCUT2D eigenvalue weighted by Gasteiger charge is -2.44. The van der Waals surface area contributed by atoms with E-state index in [9.17, 15) is 0 Å². The molecule has 2 aliphatic heterocycles. The molecular weight excluding hydrogens is 465 g/mol. The standard InChI is InChI=1S/C19H19ClIN3O2/c1-25-16-8-15-17-14(18(16)26-2)7-13(9-21)24(19(17)23-10-22-15)12-5-3-11(20)4-6-12/h3-6,8,10,13,19H,7,9H2,1-2H3,(H,22,23). The summed E-state index contributed by atoms with van der Waals surface area (Å²) in [7, 11) is 3.37. The lowest BCUT2D eigenvalue weighted by atomic mass is 9.88. The normalized spacial score (nSPS) is 20.4. The summed E-state index contributed by atoms with van der Waals surface area (Å²) in [5.74, 6) is 1.55. The Labute approximate surface area is 171 Å². The molecule has 0 amide bonds. The van der Waals surface area contributed by atoms with Crippen LogP contribution < -0.4 is 19.7 Å². The Balaban J connectivity index is 1.90. The highest BCUT2D eigenvalue weighted by Gasteiger charge is 2.39. The van der Waals surface area contributed by atoms with Crippen LogP contribution in [0.4, 0.5) is 11.4 Å². The summed E-state index contributed by atoms with van der Waals surface area (Å²) in [5.41, 5.74) is 4.46. The van der Waals surface area contributed by atoms with Gasteiger partial charge in [-0.3, -0.25) is 0 Å². The minimum absolute atomic E-state index is 0.101. The molecule has 0 spiro atoms. The van der Waals surface area contributed by atoms with Crippen LogP contribution in [0, 0.1) is 0 Å². The van der Waals surface area contributed by atoms with Crippen molar-refractivity contribution in [1.82, 2.24) is 0 Å². The molecule has 2 aromatic carbocycles. The Morgan fingerprint density at radius 1 is 1.27 bits per heavy atom. The number of aliphatic imine (C=N–C) groups is 1. The van der Waals surface area contributed by atoms with Gasteiger partial charge in [0.25, 0.3) is 0 Å². The van der Waals surface area contributed by atoms with Crippen molar-refractivity contribution in [2.24, 2.45) is 4.99 Å². The van der Waals surface area contributed by atoms with Crippen LogP contribution in [-0.4, -0.2) is 31.0 Å². The zero-order chi connectivity index (χ0) is 18.3. The van der Waals surface area contributed by atoms with Gasteiger partial charge in [0, 0.05) is 38.4 Å². The molecule has 2 unspecified atom stereocenters. The molecule has 0 fully saturated rings. The largest absolute Gasteiger partial charge is 0.493 e. The van der Waals surface area contributed by atoms with Crippen LogP contribution in [0.5, 0.6) is 11.5 Å². The second kappa shape index (κ2) is 7.15. The Morgan fingerprint density at radius 3 is 2.69 bits per heavy atom. The molecule has 0 aliphatic carbocycles. The van der Waals surface area contributed by atoms with Gasteiger partial charge in [-0.25, -0.2) is 4.99 Å². The number of hydrogen-bond acceptors (Lipinski definition) is 5. The molecule has 7 heteroatoms. The lowest BCUT2D eigenvalue weighted by Crippen LogP contribution is -2.46. The molecule has 0 saturated heterocycles. The molecule has 1 N–H and O–H groups in total. The predicted molar refractivity (Wildman–Crippen MR) is 115 cm³/mol. The fourth-order valence-electron chi connectivity index (χ4n) is 3.79. The van der Waals surface area contributed by atoms with Crippen LogP contribution in [0.1, 0.15) is 17.3 Å². The van der Waals surface area contributed by atoms with E-state index >= 15 is 0 Å². The minimum Gasteiger partial charge on any atom is -0.493 e. The number of ether oxygens (including phenoxy) is 2. The maximum absolute atomic E-state index is 6.09. The van der Waals surface area contributed by atoms with E-state index in [1.54, 1.807) is 20.6 Å². The Kier molecular flexibility index (Phi) is 4.88. The van der Waals surface area contributed by atoms with Gasteiger partial charge in [-0.05, 0) is 30.7 Å². The van der Waals surface area contributed by atoms with Crippen LogP contribution in [-0.2, 0) is 6.42 Å². The topological polar surface area (TPSA) is 46.1 Å². The average Bonchev–Trinajstić information content (AvgIpc) is 2.68. The number of benzene rings is 2. The number of nitrogens with zero attached hydrogens (tertiary/aromatic N) is 2. The van der Waals surface area contributed by atoms with Gasteiger partial charge in [0.2, 0.25) is 0 Å². The van der Waals surface area contributed by atoms with Crippen LogP contribution in [0.2, 0.25) is 5.02 Å². The number of halogens is 2. The number of nitrogens with one attached hydrogen (secondary N) is 1. The molecule has 0 saturated carbocycles. The summed E-state index contributed by atoms with van der Waals surface area (Å²) in [6.45, 7) is 0. The van der Waals surface area contributed by atoms with Gasteiger partial charge >= 0.3 is 0 Å². The molecule has 2 aliphatic rings. The lowest BCUT2D eigenvalue weighted by molar-refractivity contribution is 0.347. The zero-order valence-corrected chi connectivity index (χ0v) is 17.4. The molecule has 0 aromatic heterocycles. The third-order valence-electron chi connectivity index (χ3n) is 4.91. The van der Waals surface area contributed by atoms with Gasteiger partial charge in [-0.15, -0.1) is 0 Å². The molecule has 4 rings (SSSR count). The van der Waals surface area contributed by atoms with Gasteiger partial charge in [-0.2, -0.15) is 0 Å². The first kappa shape index (κ1) is 17.7. The first-order valence-corrected chi connectivity index (χ1v) is 10.2. The highest BCUT2D eigenvalue weighted by molar-refractivity contribution is 14.1. The maximum Gasteiger partial charge on any atom is 0.164 e. The second-order valence-electron chi connectivity index (χ2n) is 6.24. The third-order valence-corrected chi connectivity index (χ3v) is 6.17. The Hall–Kier alpha value is -1.67. The quantitative estimate of drug-likeness (QED) is 0.507. The SMILES string of the molecule is COc1cc2c3c(c1OC)CC(CI)N(c1ccc(Cl)cc1)C3N=CN2. The van der Waals surface area contributed by atoms with Crippen molar-refractivity contribution in [3.05, 3.63) is 46.5 Å². The predicted octanol–water partition coefficient (Wildman–Crippen LogP) is 4.68. The molecular formula is C19H19ClIN3O2. The first-order chi connectivity index (χ1) is 12.7. The van der Waals surface area contributed by atoms with E-state index in [2.05, 4.69) is 44.9 Å². The summed E-state index contributed by atoms with van der Waals surface area (Å²) in [6.07, 6.45) is 2.53. The van der Waals surface area contributed by atoms with Gasteiger partial charge in [0.1, 0.15) is 0 Å². The monoisotopic (exact) mass is 483 g/mol. The van der Waals surface area contributed by atoms with E-state index in [0.29, 0.717) is 6.04 Å². The van der Waals surface area contributed by atoms with Crippen molar-refractivity contribution >= 4 is 51.9 Å². The molecule has 0 bridgehead atoms. The summed E-state index contributed by atoms with van der Waals surface area (Å²) in [5, 5.41) is 4.00. The highest BCUT2D eigenvalue weighted by atomic mass is 127. The summed E-state index contributed by atoms with van der Waals surface area (Å²) >= 11 is 8.53. The van der Waals surface area contributed by atoms with Gasteiger partial charge in [0.15, 0.2) is 17.7 Å².